The molecular weight excluding hydrogens is 515 g/mol. The first-order valence-corrected chi connectivity index (χ1v) is 13.2. The van der Waals surface area contributed by atoms with Crippen molar-refractivity contribution in [1.82, 2.24) is 9.55 Å². The lowest BCUT2D eigenvalue weighted by atomic mass is 10.1. The van der Waals surface area contributed by atoms with Gasteiger partial charge in [0.1, 0.15) is 4.90 Å². The van der Waals surface area contributed by atoms with E-state index in [2.05, 4.69) is 9.71 Å². The number of anilines is 2. The van der Waals surface area contributed by atoms with Gasteiger partial charge in [-0.25, -0.2) is 17.6 Å². The second kappa shape index (κ2) is 9.78. The topological polar surface area (TPSA) is 131 Å². The Morgan fingerprint density at radius 2 is 1.89 bits per heavy atom. The Kier molecular flexibility index (Phi) is 6.49. The lowest BCUT2D eigenvalue weighted by molar-refractivity contribution is -0.118. The summed E-state index contributed by atoms with van der Waals surface area (Å²) in [6.45, 7) is 0.470. The number of carbonyl (C=O) groups is 1. The van der Waals surface area contributed by atoms with Gasteiger partial charge in [-0.3, -0.25) is 23.9 Å². The zero-order valence-electron chi connectivity index (χ0n) is 20.2. The average molecular weight is 539 g/mol. The van der Waals surface area contributed by atoms with Crippen molar-refractivity contribution in [3.8, 4) is 5.75 Å². The molecule has 2 heterocycles. The molecule has 0 atom stereocenters. The number of methoxy groups -OCH3 is 1. The average Bonchev–Trinajstić information content (AvgIpc) is 3.31. The molecule has 2 N–H and O–H groups in total. The molecule has 0 fully saturated rings. The van der Waals surface area contributed by atoms with Crippen LogP contribution in [0.15, 0.2) is 75.1 Å². The van der Waals surface area contributed by atoms with E-state index in [4.69, 9.17) is 4.74 Å². The van der Waals surface area contributed by atoms with Gasteiger partial charge in [-0.2, -0.15) is 0 Å². The largest absolute Gasteiger partial charge is 0.492 e. The third-order valence-electron chi connectivity index (χ3n) is 6.41. The maximum atomic E-state index is 14.0. The van der Waals surface area contributed by atoms with Crippen LogP contribution in [0.1, 0.15) is 12.0 Å². The maximum Gasteiger partial charge on any atom is 0.328 e. The van der Waals surface area contributed by atoms with Crippen LogP contribution in [0.25, 0.3) is 10.9 Å². The van der Waals surface area contributed by atoms with Gasteiger partial charge in [-0.1, -0.05) is 18.2 Å². The second-order valence-corrected chi connectivity index (χ2v) is 10.3. The van der Waals surface area contributed by atoms with Crippen LogP contribution in [0, 0.1) is 5.82 Å². The van der Waals surface area contributed by atoms with Gasteiger partial charge in [0.25, 0.3) is 15.6 Å². The number of nitrogens with one attached hydrogen (secondary N) is 2. The SMILES string of the molecule is COc1c(F)cccc1S(=O)(=O)Nc1ccc2c(c1)CCN2C(=O)CCn1c(=O)[nH]c(=O)c2ccccc21. The van der Waals surface area contributed by atoms with Crippen LogP contribution in [-0.2, 0) is 27.8 Å². The summed E-state index contributed by atoms with van der Waals surface area (Å²) >= 11 is 0. The number of amides is 1. The van der Waals surface area contributed by atoms with E-state index >= 15 is 0 Å². The number of ether oxygens (including phenoxy) is 1. The number of aromatic amines is 1. The molecule has 12 heteroatoms. The van der Waals surface area contributed by atoms with Gasteiger partial charge in [0.15, 0.2) is 11.6 Å². The zero-order valence-corrected chi connectivity index (χ0v) is 21.0. The van der Waals surface area contributed by atoms with E-state index in [-0.39, 0.29) is 35.2 Å². The normalized spacial score (nSPS) is 12.9. The number of hydrogen-bond acceptors (Lipinski definition) is 6. The first kappa shape index (κ1) is 25.2. The molecule has 0 saturated carbocycles. The predicted molar refractivity (Wildman–Crippen MR) is 140 cm³/mol. The summed E-state index contributed by atoms with van der Waals surface area (Å²) in [6, 6.07) is 15.1. The molecule has 10 nitrogen and oxygen atoms in total. The van der Waals surface area contributed by atoms with E-state index in [9.17, 15) is 27.2 Å². The van der Waals surface area contributed by atoms with Gasteiger partial charge < -0.3 is 9.64 Å². The van der Waals surface area contributed by atoms with E-state index in [1.807, 2.05) is 0 Å². The van der Waals surface area contributed by atoms with E-state index in [1.165, 1.54) is 29.9 Å². The number of nitrogens with zero attached hydrogens (tertiary/aromatic N) is 2. The molecule has 196 valence electrons. The number of halogens is 1. The van der Waals surface area contributed by atoms with E-state index in [0.717, 1.165) is 11.6 Å². The van der Waals surface area contributed by atoms with Crippen LogP contribution in [0.4, 0.5) is 15.8 Å². The Hall–Kier alpha value is -4.45. The molecule has 0 bridgehead atoms. The Balaban J connectivity index is 1.33. The number of fused-ring (bicyclic) bond motifs is 2. The number of rotatable bonds is 7. The fourth-order valence-corrected chi connectivity index (χ4v) is 5.87. The summed E-state index contributed by atoms with van der Waals surface area (Å²) in [5.74, 6) is -1.40. The molecule has 38 heavy (non-hydrogen) atoms. The highest BCUT2D eigenvalue weighted by molar-refractivity contribution is 7.92. The van der Waals surface area contributed by atoms with Gasteiger partial charge in [0.05, 0.1) is 18.0 Å². The van der Waals surface area contributed by atoms with Crippen molar-refractivity contribution in [3.63, 3.8) is 0 Å². The van der Waals surface area contributed by atoms with Crippen molar-refractivity contribution in [1.29, 1.82) is 0 Å². The summed E-state index contributed by atoms with van der Waals surface area (Å²) in [6.07, 6.45) is 0.518. The van der Waals surface area contributed by atoms with E-state index in [0.29, 0.717) is 29.6 Å². The monoisotopic (exact) mass is 538 g/mol. The molecule has 0 radical (unpaired) electrons. The molecule has 1 aromatic heterocycles. The van der Waals surface area contributed by atoms with Crippen LogP contribution < -0.4 is 25.6 Å². The summed E-state index contributed by atoms with van der Waals surface area (Å²) in [7, 11) is -2.95. The van der Waals surface area contributed by atoms with Crippen molar-refractivity contribution in [2.45, 2.75) is 24.3 Å². The van der Waals surface area contributed by atoms with Gasteiger partial charge in [-0.05, 0) is 54.4 Å². The van der Waals surface area contributed by atoms with Gasteiger partial charge in [0.2, 0.25) is 5.91 Å². The lowest BCUT2D eigenvalue weighted by Gasteiger charge is -2.18. The van der Waals surface area contributed by atoms with E-state index in [1.54, 1.807) is 41.3 Å². The quantitative estimate of drug-likeness (QED) is 0.372. The maximum absolute atomic E-state index is 14.0. The minimum absolute atomic E-state index is 0.0170. The first-order chi connectivity index (χ1) is 18.2. The third-order valence-corrected chi connectivity index (χ3v) is 7.81. The molecule has 0 saturated heterocycles. The number of para-hydroxylation sites is 2. The Morgan fingerprint density at radius 3 is 2.68 bits per heavy atom. The number of aromatic nitrogens is 2. The van der Waals surface area contributed by atoms with Gasteiger partial charge >= 0.3 is 5.69 Å². The standard InChI is InChI=1S/C26H23FN4O6S/c1-37-24-19(27)6-4-8-22(24)38(35,36)29-17-9-10-20-16(15-17)11-13-30(20)23(32)12-14-31-21-7-3-2-5-18(21)25(33)28-26(31)34/h2-10,15,29H,11-14H2,1H3,(H,28,33,34). The molecule has 1 aliphatic heterocycles. The fourth-order valence-electron chi connectivity index (χ4n) is 4.64. The first-order valence-electron chi connectivity index (χ1n) is 11.7. The van der Waals surface area contributed by atoms with Crippen LogP contribution in [0.2, 0.25) is 0 Å². The highest BCUT2D eigenvalue weighted by Gasteiger charge is 2.27. The summed E-state index contributed by atoms with van der Waals surface area (Å²) in [4.78, 5) is 41.1. The highest BCUT2D eigenvalue weighted by Crippen LogP contribution is 2.33. The molecule has 1 aliphatic rings. The minimum atomic E-state index is -4.14. The Labute approximate surface area is 216 Å². The van der Waals surface area contributed by atoms with Gasteiger partial charge in [-0.15, -0.1) is 0 Å². The van der Waals surface area contributed by atoms with Crippen LogP contribution in [-0.4, -0.2) is 37.5 Å². The summed E-state index contributed by atoms with van der Waals surface area (Å²) in [5.41, 5.74) is 1.04. The van der Waals surface area contributed by atoms with Crippen molar-refractivity contribution in [2.24, 2.45) is 0 Å². The molecule has 1 amide bonds. The Morgan fingerprint density at radius 1 is 1.11 bits per heavy atom. The van der Waals surface area contributed by atoms with Crippen molar-refractivity contribution < 1.29 is 22.3 Å². The van der Waals surface area contributed by atoms with Gasteiger partial charge in [0, 0.05) is 30.9 Å². The highest BCUT2D eigenvalue weighted by atomic mass is 32.2. The Bertz CT molecular complexity index is 1800. The minimum Gasteiger partial charge on any atom is -0.492 e. The molecule has 5 rings (SSSR count). The van der Waals surface area contributed by atoms with E-state index < -0.39 is 27.1 Å². The lowest BCUT2D eigenvalue weighted by Crippen LogP contribution is -2.34. The van der Waals surface area contributed by atoms with Crippen LogP contribution in [0.3, 0.4) is 0 Å². The summed E-state index contributed by atoms with van der Waals surface area (Å²) < 4.78 is 48.5. The smallest absolute Gasteiger partial charge is 0.328 e. The number of hydrogen-bond donors (Lipinski definition) is 2. The second-order valence-electron chi connectivity index (χ2n) is 8.69. The number of benzene rings is 3. The van der Waals surface area contributed by atoms with Crippen molar-refractivity contribution in [2.75, 3.05) is 23.3 Å². The predicted octanol–water partition coefficient (Wildman–Crippen LogP) is 2.62. The van der Waals surface area contributed by atoms with Crippen LogP contribution >= 0.6 is 0 Å². The number of aryl methyl sites for hydroxylation is 1. The number of H-pyrrole nitrogens is 1. The zero-order chi connectivity index (χ0) is 27.0. The molecule has 4 aromatic rings. The molecule has 0 aliphatic carbocycles. The summed E-state index contributed by atoms with van der Waals surface area (Å²) in [5, 5.41) is 0.358. The van der Waals surface area contributed by atoms with Crippen LogP contribution in [0.5, 0.6) is 5.75 Å². The molecule has 0 unspecified atom stereocenters. The molecular formula is C26H23FN4O6S. The van der Waals surface area contributed by atoms with Crippen molar-refractivity contribution >= 4 is 38.2 Å². The number of carbonyl (C=O) groups excluding carboxylic acids is 1. The molecule has 3 aromatic carbocycles. The van der Waals surface area contributed by atoms with Crippen molar-refractivity contribution in [3.05, 3.63) is 92.9 Å². The number of sulfonamides is 1. The third kappa shape index (κ3) is 4.54. The molecule has 0 spiro atoms. The fraction of sp³-hybridized carbons (Fsp3) is 0.192.